The Morgan fingerprint density at radius 1 is 0.923 bits per heavy atom. The number of hydrogen-bond donors (Lipinski definition) is 2. The van der Waals surface area contributed by atoms with Gasteiger partial charge in [0.15, 0.2) is 0 Å². The molecule has 2 aromatic carbocycles. The van der Waals surface area contributed by atoms with E-state index in [1.54, 1.807) is 6.07 Å². The molecule has 0 saturated heterocycles. The van der Waals surface area contributed by atoms with Gasteiger partial charge in [0.1, 0.15) is 6.10 Å². The van der Waals surface area contributed by atoms with Crippen molar-refractivity contribution >= 4 is 29.3 Å². The molecule has 1 fully saturated rings. The summed E-state index contributed by atoms with van der Waals surface area (Å²) in [7, 11) is 0. The van der Waals surface area contributed by atoms with Crippen molar-refractivity contribution in [2.75, 3.05) is 0 Å². The van der Waals surface area contributed by atoms with Gasteiger partial charge in [-0.2, -0.15) is 0 Å². The fourth-order valence-electron chi connectivity index (χ4n) is 4.19. The topological polar surface area (TPSA) is 32.3 Å². The summed E-state index contributed by atoms with van der Waals surface area (Å²) in [6.07, 6.45) is 7.74. The fourth-order valence-corrected chi connectivity index (χ4v) is 4.49. The van der Waals surface area contributed by atoms with Crippen LogP contribution in [0.2, 0.25) is 10.0 Å². The summed E-state index contributed by atoms with van der Waals surface area (Å²) in [6.45, 7) is 0. The quantitative estimate of drug-likeness (QED) is 0.667. The average molecular weight is 388 g/mol. The average Bonchev–Trinajstić information content (AvgIpc) is 2.92. The number of aliphatic hydroxyl groups is 1. The number of benzene rings is 2. The summed E-state index contributed by atoms with van der Waals surface area (Å²) in [5, 5.41) is 15.8. The molecule has 1 saturated carbocycles. The van der Waals surface area contributed by atoms with Crippen molar-refractivity contribution in [3.05, 3.63) is 74.8 Å². The van der Waals surface area contributed by atoms with Crippen molar-refractivity contribution in [2.24, 2.45) is 0 Å². The summed E-state index contributed by atoms with van der Waals surface area (Å²) in [6, 6.07) is 14.3. The summed E-state index contributed by atoms with van der Waals surface area (Å²) in [5.41, 5.74) is 4.11. The van der Waals surface area contributed by atoms with E-state index in [-0.39, 0.29) is 6.04 Å². The molecule has 0 heterocycles. The van der Waals surface area contributed by atoms with Crippen LogP contribution in [0.5, 0.6) is 0 Å². The lowest BCUT2D eigenvalue weighted by Gasteiger charge is -2.28. The molecule has 2 N–H and O–H groups in total. The summed E-state index contributed by atoms with van der Waals surface area (Å²) in [5.74, 6) is 0. The molecule has 0 bridgehead atoms. The van der Waals surface area contributed by atoms with E-state index < -0.39 is 6.10 Å². The highest BCUT2D eigenvalue weighted by Gasteiger charge is 2.35. The lowest BCUT2D eigenvalue weighted by Crippen LogP contribution is -2.34. The Morgan fingerprint density at radius 3 is 2.38 bits per heavy atom. The van der Waals surface area contributed by atoms with Gasteiger partial charge in [-0.1, -0.05) is 78.9 Å². The highest BCUT2D eigenvalue weighted by atomic mass is 35.5. The second-order valence-corrected chi connectivity index (χ2v) is 8.10. The fraction of sp³-hybridized carbons (Fsp3) is 0.364. The highest BCUT2D eigenvalue weighted by molar-refractivity contribution is 6.42. The van der Waals surface area contributed by atoms with E-state index in [1.807, 2.05) is 36.4 Å². The molecule has 0 spiro atoms. The Balaban J connectivity index is 1.70. The SMILES string of the molecule is OC1/C(=C/c2ccc(Cl)c(Cl)c2)C(NC2CCCCC2)c2ccccc21. The van der Waals surface area contributed by atoms with Crippen LogP contribution in [0.4, 0.5) is 0 Å². The van der Waals surface area contributed by atoms with E-state index in [0.717, 1.165) is 16.7 Å². The largest absolute Gasteiger partial charge is 0.384 e. The molecule has 2 unspecified atom stereocenters. The van der Waals surface area contributed by atoms with Crippen LogP contribution < -0.4 is 5.32 Å². The second-order valence-electron chi connectivity index (χ2n) is 7.28. The standard InChI is InChI=1S/C22H23Cl2NO/c23-19-11-10-14(13-20(19)24)12-18-21(25-15-6-2-1-3-7-15)16-8-4-5-9-17(16)22(18)26/h4-5,8-13,15,21-22,25-26H,1-3,6-7H2/b18-12+. The summed E-state index contributed by atoms with van der Waals surface area (Å²) < 4.78 is 0. The molecule has 0 aliphatic heterocycles. The first-order valence-electron chi connectivity index (χ1n) is 9.33. The van der Waals surface area contributed by atoms with E-state index in [0.29, 0.717) is 16.1 Å². The zero-order chi connectivity index (χ0) is 18.1. The predicted octanol–water partition coefficient (Wildman–Crippen LogP) is 6.09. The van der Waals surface area contributed by atoms with Crippen LogP contribution in [0.25, 0.3) is 6.08 Å². The van der Waals surface area contributed by atoms with Crippen molar-refractivity contribution < 1.29 is 5.11 Å². The van der Waals surface area contributed by atoms with Gasteiger partial charge in [-0.15, -0.1) is 0 Å². The Morgan fingerprint density at radius 2 is 1.65 bits per heavy atom. The minimum Gasteiger partial charge on any atom is -0.384 e. The number of halogens is 2. The van der Waals surface area contributed by atoms with Crippen molar-refractivity contribution in [3.63, 3.8) is 0 Å². The molecule has 0 amide bonds. The van der Waals surface area contributed by atoms with Crippen LogP contribution in [0.1, 0.15) is 60.9 Å². The molecule has 2 nitrogen and oxygen atoms in total. The van der Waals surface area contributed by atoms with Crippen LogP contribution in [0.3, 0.4) is 0 Å². The maximum atomic E-state index is 11.0. The smallest absolute Gasteiger partial charge is 0.103 e. The third-order valence-electron chi connectivity index (χ3n) is 5.54. The molecule has 2 aliphatic carbocycles. The van der Waals surface area contributed by atoms with E-state index in [4.69, 9.17) is 23.2 Å². The molecule has 0 aromatic heterocycles. The Hall–Kier alpha value is -1.32. The molecule has 4 rings (SSSR count). The van der Waals surface area contributed by atoms with E-state index >= 15 is 0 Å². The lowest BCUT2D eigenvalue weighted by molar-refractivity contribution is 0.215. The van der Waals surface area contributed by atoms with Crippen LogP contribution in [0, 0.1) is 0 Å². The van der Waals surface area contributed by atoms with Gasteiger partial charge in [-0.25, -0.2) is 0 Å². The van der Waals surface area contributed by atoms with Crippen LogP contribution in [-0.2, 0) is 0 Å². The van der Waals surface area contributed by atoms with Crippen molar-refractivity contribution in [2.45, 2.75) is 50.3 Å². The van der Waals surface area contributed by atoms with Gasteiger partial charge in [-0.05, 0) is 47.2 Å². The Bertz CT molecular complexity index is 827. The summed E-state index contributed by atoms with van der Waals surface area (Å²) >= 11 is 12.2. The van der Waals surface area contributed by atoms with E-state index in [1.165, 1.54) is 37.7 Å². The molecule has 2 atom stereocenters. The van der Waals surface area contributed by atoms with Gasteiger partial charge in [0.2, 0.25) is 0 Å². The van der Waals surface area contributed by atoms with E-state index in [2.05, 4.69) is 11.4 Å². The van der Waals surface area contributed by atoms with Gasteiger partial charge in [0, 0.05) is 6.04 Å². The minimum absolute atomic E-state index is 0.0405. The maximum absolute atomic E-state index is 11.0. The minimum atomic E-state index is -0.596. The molecular formula is C22H23Cl2NO. The zero-order valence-corrected chi connectivity index (χ0v) is 16.1. The van der Waals surface area contributed by atoms with Crippen LogP contribution >= 0.6 is 23.2 Å². The monoisotopic (exact) mass is 387 g/mol. The Kier molecular flexibility index (Phi) is 5.37. The Labute approximate surface area is 164 Å². The summed E-state index contributed by atoms with van der Waals surface area (Å²) in [4.78, 5) is 0. The van der Waals surface area contributed by atoms with Crippen molar-refractivity contribution in [3.8, 4) is 0 Å². The maximum Gasteiger partial charge on any atom is 0.103 e. The second kappa shape index (κ2) is 7.74. The first kappa shape index (κ1) is 18.1. The number of nitrogens with one attached hydrogen (secondary N) is 1. The molecule has 4 heteroatoms. The highest BCUT2D eigenvalue weighted by Crippen LogP contribution is 2.45. The van der Waals surface area contributed by atoms with Crippen molar-refractivity contribution in [1.82, 2.24) is 5.32 Å². The number of aliphatic hydroxyl groups excluding tert-OH is 1. The molecule has 136 valence electrons. The number of fused-ring (bicyclic) bond motifs is 1. The molecule has 26 heavy (non-hydrogen) atoms. The zero-order valence-electron chi connectivity index (χ0n) is 14.6. The lowest BCUT2D eigenvalue weighted by atomic mass is 9.93. The van der Waals surface area contributed by atoms with E-state index in [9.17, 15) is 5.11 Å². The van der Waals surface area contributed by atoms with Crippen molar-refractivity contribution in [1.29, 1.82) is 0 Å². The first-order valence-corrected chi connectivity index (χ1v) is 10.1. The number of hydrogen-bond acceptors (Lipinski definition) is 2. The van der Waals surface area contributed by atoms with Gasteiger partial charge >= 0.3 is 0 Å². The van der Waals surface area contributed by atoms with Gasteiger partial charge in [0.25, 0.3) is 0 Å². The van der Waals surface area contributed by atoms with Gasteiger partial charge < -0.3 is 10.4 Å². The van der Waals surface area contributed by atoms with Crippen LogP contribution in [-0.4, -0.2) is 11.1 Å². The molecule has 0 radical (unpaired) electrons. The molecule has 2 aliphatic rings. The van der Waals surface area contributed by atoms with Crippen LogP contribution in [0.15, 0.2) is 48.0 Å². The number of rotatable bonds is 3. The first-order chi connectivity index (χ1) is 12.6. The third-order valence-corrected chi connectivity index (χ3v) is 6.27. The van der Waals surface area contributed by atoms with Gasteiger partial charge in [0.05, 0.1) is 16.1 Å². The predicted molar refractivity (Wildman–Crippen MR) is 109 cm³/mol. The normalized spacial score (nSPS) is 24.8. The molecule has 2 aromatic rings. The van der Waals surface area contributed by atoms with Gasteiger partial charge in [-0.3, -0.25) is 0 Å². The molecular weight excluding hydrogens is 365 g/mol. The third kappa shape index (κ3) is 3.57.